The van der Waals surface area contributed by atoms with Gasteiger partial charge >= 0.3 is 0 Å². The van der Waals surface area contributed by atoms with E-state index in [1.54, 1.807) is 0 Å². The number of rotatable bonds is 6. The molecule has 0 heterocycles. The predicted octanol–water partition coefficient (Wildman–Crippen LogP) is 4.29. The number of hydrogen-bond acceptors (Lipinski definition) is 1. The summed E-state index contributed by atoms with van der Waals surface area (Å²) in [7, 11) is 2.21. The van der Waals surface area contributed by atoms with Crippen LogP contribution in [0.1, 0.15) is 51.2 Å². The Bertz CT molecular complexity index is 311. The van der Waals surface area contributed by atoms with E-state index in [1.807, 2.05) is 0 Å². The number of hydrogen-bond donors (Lipinski definition) is 0. The van der Waals surface area contributed by atoms with Crippen molar-refractivity contribution in [3.05, 3.63) is 35.4 Å². The maximum Gasteiger partial charge on any atom is 0.0230 e. The molecule has 1 rings (SSSR count). The van der Waals surface area contributed by atoms with Crippen LogP contribution in [0.3, 0.4) is 0 Å². The summed E-state index contributed by atoms with van der Waals surface area (Å²) < 4.78 is 0. The summed E-state index contributed by atoms with van der Waals surface area (Å²) in [6, 6.07) is 9.05. The van der Waals surface area contributed by atoms with E-state index in [0.29, 0.717) is 5.92 Å². The van der Waals surface area contributed by atoms with Crippen molar-refractivity contribution in [1.82, 2.24) is 4.90 Å². The minimum Gasteiger partial charge on any atom is -0.302 e. The lowest BCUT2D eigenvalue weighted by Gasteiger charge is -2.18. The van der Waals surface area contributed by atoms with Gasteiger partial charge in [-0.3, -0.25) is 0 Å². The van der Waals surface area contributed by atoms with Crippen molar-refractivity contribution >= 4 is 0 Å². The molecule has 0 spiro atoms. The second kappa shape index (κ2) is 6.80. The minimum absolute atomic E-state index is 0.628. The molecule has 0 aliphatic carbocycles. The Morgan fingerprint density at radius 2 is 1.59 bits per heavy atom. The molecule has 1 aromatic carbocycles. The van der Waals surface area contributed by atoms with E-state index in [1.165, 1.54) is 24.1 Å². The monoisotopic (exact) mass is 233 g/mol. The summed E-state index contributed by atoms with van der Waals surface area (Å²) >= 11 is 0. The van der Waals surface area contributed by atoms with Gasteiger partial charge in [0, 0.05) is 6.54 Å². The Hall–Kier alpha value is -0.820. The highest BCUT2D eigenvalue weighted by Crippen LogP contribution is 2.15. The first-order chi connectivity index (χ1) is 7.99. The number of benzene rings is 1. The van der Waals surface area contributed by atoms with Crippen LogP contribution in [0.15, 0.2) is 24.3 Å². The summed E-state index contributed by atoms with van der Waals surface area (Å²) in [6.45, 7) is 11.3. The Kier molecular flexibility index (Phi) is 5.70. The molecule has 0 N–H and O–H groups in total. The van der Waals surface area contributed by atoms with Gasteiger partial charge in [0.15, 0.2) is 0 Å². The number of nitrogens with zero attached hydrogens (tertiary/aromatic N) is 1. The van der Waals surface area contributed by atoms with Crippen LogP contribution in [0.4, 0.5) is 0 Å². The van der Waals surface area contributed by atoms with Crippen molar-refractivity contribution in [1.29, 1.82) is 0 Å². The molecule has 0 saturated carbocycles. The van der Waals surface area contributed by atoms with E-state index in [0.717, 1.165) is 12.5 Å². The summed E-state index contributed by atoms with van der Waals surface area (Å²) in [5, 5.41) is 0. The molecule has 1 nitrogen and oxygen atoms in total. The molecule has 96 valence electrons. The largest absolute Gasteiger partial charge is 0.302 e. The second-order valence-electron chi connectivity index (χ2n) is 5.82. The maximum absolute atomic E-state index is 2.41. The van der Waals surface area contributed by atoms with Crippen molar-refractivity contribution in [3.8, 4) is 0 Å². The molecule has 0 bridgehead atoms. The third-order valence-corrected chi connectivity index (χ3v) is 3.19. The smallest absolute Gasteiger partial charge is 0.0230 e. The van der Waals surface area contributed by atoms with Crippen LogP contribution < -0.4 is 0 Å². The standard InChI is InChI=1S/C16H27N/c1-13(2)10-11-17(5)12-15-6-8-16(9-7-15)14(3)4/h6-9,13-14H,10-12H2,1-5H3. The third kappa shape index (κ3) is 5.36. The van der Waals surface area contributed by atoms with Gasteiger partial charge in [-0.2, -0.15) is 0 Å². The molecule has 0 saturated heterocycles. The third-order valence-electron chi connectivity index (χ3n) is 3.19. The van der Waals surface area contributed by atoms with Crippen LogP contribution in [-0.4, -0.2) is 18.5 Å². The van der Waals surface area contributed by atoms with Gasteiger partial charge in [-0.15, -0.1) is 0 Å². The molecule has 0 aliphatic rings. The van der Waals surface area contributed by atoms with E-state index in [-0.39, 0.29) is 0 Å². The van der Waals surface area contributed by atoms with Gasteiger partial charge < -0.3 is 4.90 Å². The highest BCUT2D eigenvalue weighted by molar-refractivity contribution is 5.24. The average Bonchev–Trinajstić information content (AvgIpc) is 2.27. The molecule has 0 amide bonds. The Morgan fingerprint density at radius 3 is 2.06 bits per heavy atom. The molecule has 0 aliphatic heterocycles. The Labute approximate surface area is 107 Å². The van der Waals surface area contributed by atoms with Crippen molar-refractivity contribution in [2.45, 2.75) is 46.6 Å². The zero-order valence-electron chi connectivity index (χ0n) is 12.0. The van der Waals surface area contributed by atoms with Gasteiger partial charge in [-0.05, 0) is 43.0 Å². The van der Waals surface area contributed by atoms with Gasteiger partial charge in [0.25, 0.3) is 0 Å². The van der Waals surface area contributed by atoms with Gasteiger partial charge in [0.2, 0.25) is 0 Å². The van der Waals surface area contributed by atoms with Crippen molar-refractivity contribution < 1.29 is 0 Å². The lowest BCUT2D eigenvalue weighted by Crippen LogP contribution is -2.20. The summed E-state index contributed by atoms with van der Waals surface area (Å²) in [4.78, 5) is 2.41. The quantitative estimate of drug-likeness (QED) is 0.708. The maximum atomic E-state index is 2.41. The fourth-order valence-electron chi connectivity index (χ4n) is 1.88. The molecule has 0 atom stereocenters. The van der Waals surface area contributed by atoms with Crippen molar-refractivity contribution in [2.24, 2.45) is 5.92 Å². The highest BCUT2D eigenvalue weighted by atomic mass is 15.1. The van der Waals surface area contributed by atoms with Crippen LogP contribution >= 0.6 is 0 Å². The van der Waals surface area contributed by atoms with Crippen LogP contribution in [0.5, 0.6) is 0 Å². The van der Waals surface area contributed by atoms with Gasteiger partial charge in [-0.1, -0.05) is 52.0 Å². The van der Waals surface area contributed by atoms with Crippen LogP contribution in [-0.2, 0) is 6.54 Å². The van der Waals surface area contributed by atoms with Crippen LogP contribution in [0.2, 0.25) is 0 Å². The van der Waals surface area contributed by atoms with Crippen LogP contribution in [0.25, 0.3) is 0 Å². The normalized spacial score (nSPS) is 11.8. The zero-order valence-corrected chi connectivity index (χ0v) is 12.0. The SMILES string of the molecule is CC(C)CCN(C)Cc1ccc(C(C)C)cc1. The second-order valence-corrected chi connectivity index (χ2v) is 5.82. The van der Waals surface area contributed by atoms with Gasteiger partial charge in [0.1, 0.15) is 0 Å². The molecular weight excluding hydrogens is 206 g/mol. The molecule has 17 heavy (non-hydrogen) atoms. The molecular formula is C16H27N. The van der Waals surface area contributed by atoms with Crippen LogP contribution in [0, 0.1) is 5.92 Å². The molecule has 1 heteroatoms. The van der Waals surface area contributed by atoms with Gasteiger partial charge in [0.05, 0.1) is 0 Å². The van der Waals surface area contributed by atoms with E-state index in [9.17, 15) is 0 Å². The van der Waals surface area contributed by atoms with Gasteiger partial charge in [-0.25, -0.2) is 0 Å². The molecule has 1 aromatic rings. The highest BCUT2D eigenvalue weighted by Gasteiger charge is 2.03. The fraction of sp³-hybridized carbons (Fsp3) is 0.625. The van der Waals surface area contributed by atoms with E-state index in [2.05, 4.69) is 63.9 Å². The van der Waals surface area contributed by atoms with E-state index >= 15 is 0 Å². The minimum atomic E-state index is 0.628. The Balaban J connectivity index is 2.45. The van der Waals surface area contributed by atoms with E-state index in [4.69, 9.17) is 0 Å². The summed E-state index contributed by atoms with van der Waals surface area (Å²) in [5.41, 5.74) is 2.85. The average molecular weight is 233 g/mol. The fourth-order valence-corrected chi connectivity index (χ4v) is 1.88. The van der Waals surface area contributed by atoms with Crippen molar-refractivity contribution in [3.63, 3.8) is 0 Å². The van der Waals surface area contributed by atoms with E-state index < -0.39 is 0 Å². The zero-order chi connectivity index (χ0) is 12.8. The molecule has 0 unspecified atom stereocenters. The van der Waals surface area contributed by atoms with Crippen molar-refractivity contribution in [2.75, 3.05) is 13.6 Å². The molecule has 0 aromatic heterocycles. The predicted molar refractivity (Wildman–Crippen MR) is 76.3 cm³/mol. The topological polar surface area (TPSA) is 3.24 Å². The molecule has 0 radical (unpaired) electrons. The first-order valence-corrected chi connectivity index (χ1v) is 6.76. The lowest BCUT2D eigenvalue weighted by atomic mass is 10.0. The lowest BCUT2D eigenvalue weighted by molar-refractivity contribution is 0.303. The Morgan fingerprint density at radius 1 is 1.00 bits per heavy atom. The summed E-state index contributed by atoms with van der Waals surface area (Å²) in [6.07, 6.45) is 1.28. The first kappa shape index (κ1) is 14.2. The molecule has 0 fully saturated rings. The summed E-state index contributed by atoms with van der Waals surface area (Å²) in [5.74, 6) is 1.42. The first-order valence-electron chi connectivity index (χ1n) is 6.76.